The highest BCUT2D eigenvalue weighted by atomic mass is 16.5. The summed E-state index contributed by atoms with van der Waals surface area (Å²) in [5, 5.41) is 0. The number of rotatable bonds is 1. The first kappa shape index (κ1) is 7.60. The van der Waals surface area contributed by atoms with Gasteiger partial charge in [-0.25, -0.2) is 0 Å². The van der Waals surface area contributed by atoms with Crippen LogP contribution in [0.4, 0.5) is 5.69 Å². The predicted molar refractivity (Wildman–Crippen MR) is 42.2 cm³/mol. The summed E-state index contributed by atoms with van der Waals surface area (Å²) in [5.74, 6) is 0.146. The third-order valence-electron chi connectivity index (χ3n) is 1.12. The first-order valence-corrected chi connectivity index (χ1v) is 3.22. The molecule has 3 nitrogen and oxygen atoms in total. The van der Waals surface area contributed by atoms with Crippen molar-refractivity contribution in [2.75, 3.05) is 5.73 Å². The lowest BCUT2D eigenvalue weighted by Gasteiger charge is -2.00. The van der Waals surface area contributed by atoms with Crippen LogP contribution < -0.4 is 10.5 Å². The maximum absolute atomic E-state index is 10.5. The number of nitrogen functional groups attached to an aromatic ring is 1. The van der Waals surface area contributed by atoms with E-state index in [9.17, 15) is 4.79 Å². The van der Waals surface area contributed by atoms with Crippen molar-refractivity contribution >= 4 is 11.7 Å². The van der Waals surface area contributed by atoms with E-state index in [1.165, 1.54) is 6.92 Å². The summed E-state index contributed by atoms with van der Waals surface area (Å²) in [6.45, 7) is 1.35. The summed E-state index contributed by atoms with van der Waals surface area (Å²) >= 11 is 0. The molecule has 0 spiro atoms. The summed E-state index contributed by atoms with van der Waals surface area (Å²) in [6, 6.07) is 6.74. The zero-order valence-electron chi connectivity index (χ0n) is 6.20. The van der Waals surface area contributed by atoms with Crippen LogP contribution in [0.3, 0.4) is 0 Å². The van der Waals surface area contributed by atoms with E-state index >= 15 is 0 Å². The van der Waals surface area contributed by atoms with Gasteiger partial charge in [-0.3, -0.25) is 4.79 Å². The number of benzene rings is 1. The molecule has 11 heavy (non-hydrogen) atoms. The highest BCUT2D eigenvalue weighted by molar-refractivity contribution is 5.69. The number of carbonyl (C=O) groups is 1. The zero-order chi connectivity index (χ0) is 8.27. The highest BCUT2D eigenvalue weighted by Crippen LogP contribution is 2.13. The Hall–Kier alpha value is -1.51. The van der Waals surface area contributed by atoms with Crippen LogP contribution in [-0.4, -0.2) is 5.97 Å². The summed E-state index contributed by atoms with van der Waals surface area (Å²) in [5.41, 5.74) is 6.03. The molecule has 0 saturated carbocycles. The molecule has 0 aromatic heterocycles. The summed E-state index contributed by atoms with van der Waals surface area (Å²) in [4.78, 5) is 10.5. The molecule has 0 fully saturated rings. The molecule has 0 radical (unpaired) electrons. The number of esters is 1. The summed E-state index contributed by atoms with van der Waals surface area (Å²) in [7, 11) is 0. The minimum atomic E-state index is -0.337. The zero-order valence-corrected chi connectivity index (χ0v) is 6.20. The van der Waals surface area contributed by atoms with E-state index < -0.39 is 0 Å². The fraction of sp³-hybridized carbons (Fsp3) is 0.125. The van der Waals surface area contributed by atoms with Gasteiger partial charge < -0.3 is 10.5 Å². The quantitative estimate of drug-likeness (QED) is 0.372. The van der Waals surface area contributed by atoms with Gasteiger partial charge in [0.1, 0.15) is 5.75 Å². The van der Waals surface area contributed by atoms with Crippen molar-refractivity contribution < 1.29 is 9.53 Å². The number of hydrogen-bond donors (Lipinski definition) is 1. The Morgan fingerprint density at radius 2 is 2.27 bits per heavy atom. The van der Waals surface area contributed by atoms with Crippen molar-refractivity contribution in [3.8, 4) is 5.75 Å². The lowest BCUT2D eigenvalue weighted by Crippen LogP contribution is -2.01. The first-order chi connectivity index (χ1) is 5.18. The molecule has 0 amide bonds. The maximum Gasteiger partial charge on any atom is 0.308 e. The molecule has 0 atom stereocenters. The van der Waals surface area contributed by atoms with Gasteiger partial charge in [0, 0.05) is 18.7 Å². The van der Waals surface area contributed by atoms with Gasteiger partial charge in [0.05, 0.1) is 0 Å². The van der Waals surface area contributed by atoms with Crippen molar-refractivity contribution in [1.29, 1.82) is 0 Å². The van der Waals surface area contributed by atoms with Crippen molar-refractivity contribution in [2.24, 2.45) is 0 Å². The van der Waals surface area contributed by atoms with Gasteiger partial charge in [-0.2, -0.15) is 0 Å². The van der Waals surface area contributed by atoms with Gasteiger partial charge >= 0.3 is 5.97 Å². The monoisotopic (exact) mass is 151 g/mol. The molecular formula is C8H9NO2. The molecule has 0 saturated heterocycles. The summed E-state index contributed by atoms with van der Waals surface area (Å²) < 4.78 is 4.78. The van der Waals surface area contributed by atoms with Crippen molar-refractivity contribution in [3.05, 3.63) is 24.3 Å². The van der Waals surface area contributed by atoms with Crippen molar-refractivity contribution in [3.63, 3.8) is 0 Å². The van der Waals surface area contributed by atoms with Crippen LogP contribution in [0.25, 0.3) is 0 Å². The van der Waals surface area contributed by atoms with E-state index in [1.807, 2.05) is 0 Å². The Bertz CT molecular complexity index is 271. The third kappa shape index (κ3) is 2.29. The Morgan fingerprint density at radius 1 is 1.55 bits per heavy atom. The molecule has 1 aromatic carbocycles. The van der Waals surface area contributed by atoms with Crippen LogP contribution in [-0.2, 0) is 4.79 Å². The van der Waals surface area contributed by atoms with Gasteiger partial charge in [-0.15, -0.1) is 0 Å². The SMILES string of the molecule is CC(=O)Oc1cccc(N)c1. The van der Waals surface area contributed by atoms with Crippen LogP contribution in [0.2, 0.25) is 0 Å². The third-order valence-corrected chi connectivity index (χ3v) is 1.12. The van der Waals surface area contributed by atoms with Crippen LogP contribution >= 0.6 is 0 Å². The fourth-order valence-electron chi connectivity index (χ4n) is 0.744. The minimum Gasteiger partial charge on any atom is -0.427 e. The Labute approximate surface area is 64.8 Å². The maximum atomic E-state index is 10.5. The average Bonchev–Trinajstić information content (AvgIpc) is 1.85. The molecule has 0 heterocycles. The van der Waals surface area contributed by atoms with Gasteiger partial charge in [0.15, 0.2) is 0 Å². The predicted octanol–water partition coefficient (Wildman–Crippen LogP) is 1.19. The second-order valence-corrected chi connectivity index (χ2v) is 2.17. The molecular weight excluding hydrogens is 142 g/mol. The second kappa shape index (κ2) is 3.05. The lowest BCUT2D eigenvalue weighted by molar-refractivity contribution is -0.131. The molecule has 0 aliphatic carbocycles. The summed E-state index contributed by atoms with van der Waals surface area (Å²) in [6.07, 6.45) is 0. The van der Waals surface area contributed by atoms with E-state index in [4.69, 9.17) is 10.5 Å². The minimum absolute atomic E-state index is 0.337. The van der Waals surface area contributed by atoms with E-state index in [-0.39, 0.29) is 5.97 Å². The molecule has 58 valence electrons. The van der Waals surface area contributed by atoms with Crippen molar-refractivity contribution in [2.45, 2.75) is 6.92 Å². The number of carbonyl (C=O) groups excluding carboxylic acids is 1. The van der Waals surface area contributed by atoms with Gasteiger partial charge in [0.25, 0.3) is 0 Å². The molecule has 1 rings (SSSR count). The second-order valence-electron chi connectivity index (χ2n) is 2.17. The largest absolute Gasteiger partial charge is 0.427 e. The van der Waals surface area contributed by atoms with E-state index in [2.05, 4.69) is 0 Å². The molecule has 1 aromatic rings. The van der Waals surface area contributed by atoms with Crippen LogP contribution in [0.1, 0.15) is 6.92 Å². The molecule has 0 unspecified atom stereocenters. The van der Waals surface area contributed by atoms with Crippen LogP contribution in [0.5, 0.6) is 5.75 Å². The number of anilines is 1. The Morgan fingerprint density at radius 3 is 2.82 bits per heavy atom. The topological polar surface area (TPSA) is 52.3 Å². The van der Waals surface area contributed by atoms with Gasteiger partial charge in [-0.1, -0.05) is 6.07 Å². The van der Waals surface area contributed by atoms with Gasteiger partial charge in [0.2, 0.25) is 0 Å². The van der Waals surface area contributed by atoms with E-state index in [0.717, 1.165) is 0 Å². The number of ether oxygens (including phenoxy) is 1. The van der Waals surface area contributed by atoms with Crippen molar-refractivity contribution in [1.82, 2.24) is 0 Å². The average molecular weight is 151 g/mol. The van der Waals surface area contributed by atoms with E-state index in [1.54, 1.807) is 24.3 Å². The fourth-order valence-corrected chi connectivity index (χ4v) is 0.744. The van der Waals surface area contributed by atoms with E-state index in [0.29, 0.717) is 11.4 Å². The van der Waals surface area contributed by atoms with Crippen LogP contribution in [0.15, 0.2) is 24.3 Å². The highest BCUT2D eigenvalue weighted by Gasteiger charge is 1.96. The smallest absolute Gasteiger partial charge is 0.308 e. The normalized spacial score (nSPS) is 9.18. The van der Waals surface area contributed by atoms with Crippen LogP contribution in [0, 0.1) is 0 Å². The molecule has 2 N–H and O–H groups in total. The first-order valence-electron chi connectivity index (χ1n) is 3.22. The lowest BCUT2D eigenvalue weighted by atomic mass is 10.3. The Balaban J connectivity index is 2.79. The molecule has 0 aliphatic heterocycles. The Kier molecular flexibility index (Phi) is 2.11. The molecule has 3 heteroatoms. The number of nitrogens with two attached hydrogens (primary N) is 1. The standard InChI is InChI=1S/C8H9NO2/c1-6(10)11-8-4-2-3-7(9)5-8/h2-5H,9H2,1H3. The molecule has 0 aliphatic rings. The molecule has 0 bridgehead atoms. The van der Waals surface area contributed by atoms with Gasteiger partial charge in [-0.05, 0) is 12.1 Å². The number of hydrogen-bond acceptors (Lipinski definition) is 3.